The molecule has 1 heterocycles. The lowest BCUT2D eigenvalue weighted by atomic mass is 9.74. The molecule has 1 aliphatic heterocycles. The second-order valence-corrected chi connectivity index (χ2v) is 8.55. The van der Waals surface area contributed by atoms with Crippen molar-refractivity contribution in [2.24, 2.45) is 5.41 Å². The van der Waals surface area contributed by atoms with E-state index in [1.807, 2.05) is 27.7 Å². The molecule has 1 rings (SSSR count). The van der Waals surface area contributed by atoms with Crippen LogP contribution in [0.4, 0.5) is 0 Å². The summed E-state index contributed by atoms with van der Waals surface area (Å²) in [5.74, 6) is 0.242. The van der Waals surface area contributed by atoms with Gasteiger partial charge in [-0.3, -0.25) is 4.79 Å². The average molecular weight is 295 g/mol. The van der Waals surface area contributed by atoms with Gasteiger partial charge in [0, 0.05) is 11.7 Å². The SMILES string of the molecule is CC(C)OCCC(C)(C)OC(=O)C1(CC(C)(C)C)[B]C1C. The van der Waals surface area contributed by atoms with Crippen molar-refractivity contribution in [1.29, 1.82) is 0 Å². The Kier molecular flexibility index (Phi) is 5.58. The molecule has 1 saturated heterocycles. The number of ether oxygens (including phenoxy) is 2. The molecule has 1 radical (unpaired) electrons. The summed E-state index contributed by atoms with van der Waals surface area (Å²) in [5, 5.41) is -0.381. The molecule has 0 aliphatic carbocycles. The first-order chi connectivity index (χ1) is 9.38. The van der Waals surface area contributed by atoms with Crippen LogP contribution in [-0.2, 0) is 14.3 Å². The lowest BCUT2D eigenvalue weighted by Gasteiger charge is -2.31. The number of hydrogen-bond acceptors (Lipinski definition) is 3. The Morgan fingerprint density at radius 2 is 1.76 bits per heavy atom. The molecular formula is C17H32BO3. The van der Waals surface area contributed by atoms with Crippen LogP contribution in [0.5, 0.6) is 0 Å². The van der Waals surface area contributed by atoms with Gasteiger partial charge in [-0.2, -0.15) is 0 Å². The van der Waals surface area contributed by atoms with Crippen LogP contribution in [-0.4, -0.2) is 31.6 Å². The van der Waals surface area contributed by atoms with Crippen LogP contribution in [0.15, 0.2) is 0 Å². The van der Waals surface area contributed by atoms with E-state index in [9.17, 15) is 4.79 Å². The maximum absolute atomic E-state index is 12.6. The first kappa shape index (κ1) is 18.5. The third kappa shape index (κ3) is 5.65. The summed E-state index contributed by atoms with van der Waals surface area (Å²) in [7, 11) is 2.13. The van der Waals surface area contributed by atoms with Gasteiger partial charge in [0.15, 0.2) is 0 Å². The molecule has 2 unspecified atom stereocenters. The number of carbonyl (C=O) groups excluding carboxylic acids is 1. The van der Waals surface area contributed by atoms with Crippen molar-refractivity contribution in [3.8, 4) is 0 Å². The Balaban J connectivity index is 2.58. The second-order valence-electron chi connectivity index (χ2n) is 8.55. The average Bonchev–Trinajstić information content (AvgIpc) is 2.85. The second kappa shape index (κ2) is 6.32. The predicted molar refractivity (Wildman–Crippen MR) is 87.8 cm³/mol. The van der Waals surface area contributed by atoms with E-state index >= 15 is 0 Å². The minimum atomic E-state index is -0.479. The Labute approximate surface area is 131 Å². The molecule has 0 saturated carbocycles. The predicted octanol–water partition coefficient (Wildman–Crippen LogP) is 4.24. The first-order valence-corrected chi connectivity index (χ1v) is 8.09. The van der Waals surface area contributed by atoms with Crippen molar-refractivity contribution in [2.45, 2.75) is 91.1 Å². The number of hydrogen-bond donors (Lipinski definition) is 0. The molecule has 1 fully saturated rings. The van der Waals surface area contributed by atoms with Gasteiger partial charge in [-0.1, -0.05) is 33.5 Å². The van der Waals surface area contributed by atoms with Crippen molar-refractivity contribution in [3.63, 3.8) is 0 Å². The monoisotopic (exact) mass is 295 g/mol. The lowest BCUT2D eigenvalue weighted by molar-refractivity contribution is -0.161. The van der Waals surface area contributed by atoms with Crippen LogP contribution in [0.3, 0.4) is 0 Å². The number of carbonyl (C=O) groups is 1. The van der Waals surface area contributed by atoms with Gasteiger partial charge in [-0.25, -0.2) is 0 Å². The Bertz CT molecular complexity index is 371. The highest BCUT2D eigenvalue weighted by Gasteiger charge is 2.60. The van der Waals surface area contributed by atoms with E-state index in [0.29, 0.717) is 12.4 Å². The zero-order valence-corrected chi connectivity index (χ0v) is 15.1. The van der Waals surface area contributed by atoms with E-state index in [-0.39, 0.29) is 22.8 Å². The molecule has 0 aromatic heterocycles. The van der Waals surface area contributed by atoms with Crippen LogP contribution < -0.4 is 0 Å². The van der Waals surface area contributed by atoms with Crippen LogP contribution in [0.25, 0.3) is 0 Å². The zero-order valence-electron chi connectivity index (χ0n) is 15.1. The van der Waals surface area contributed by atoms with Crippen LogP contribution in [0, 0.1) is 5.41 Å². The van der Waals surface area contributed by atoms with E-state index in [1.165, 1.54) is 0 Å². The summed E-state index contributed by atoms with van der Waals surface area (Å²) in [6.45, 7) is 17.2. The molecule has 4 heteroatoms. The quantitative estimate of drug-likeness (QED) is 0.520. The molecule has 1 aliphatic rings. The van der Waals surface area contributed by atoms with Crippen molar-refractivity contribution in [1.82, 2.24) is 0 Å². The van der Waals surface area contributed by atoms with E-state index in [0.717, 1.165) is 12.8 Å². The molecule has 0 aromatic carbocycles. The van der Waals surface area contributed by atoms with Crippen LogP contribution >= 0.6 is 0 Å². The summed E-state index contributed by atoms with van der Waals surface area (Å²) < 4.78 is 11.4. The molecule has 2 atom stereocenters. The standard InChI is InChI=1S/C17H32BO3/c1-12(2)20-10-9-16(7,8)21-14(19)17(13(3)18-17)11-15(4,5)6/h12-13H,9-11H2,1-8H3. The van der Waals surface area contributed by atoms with Crippen molar-refractivity contribution in [3.05, 3.63) is 0 Å². The Hall–Kier alpha value is -0.505. The summed E-state index contributed by atoms with van der Waals surface area (Å²) >= 11 is 0. The highest BCUT2D eigenvalue weighted by Crippen LogP contribution is 2.63. The molecule has 3 nitrogen and oxygen atoms in total. The third-order valence-corrected chi connectivity index (χ3v) is 3.98. The van der Waals surface area contributed by atoms with Gasteiger partial charge >= 0.3 is 5.97 Å². The van der Waals surface area contributed by atoms with E-state index in [2.05, 4.69) is 35.0 Å². The van der Waals surface area contributed by atoms with Crippen LogP contribution in [0.1, 0.15) is 68.2 Å². The third-order valence-electron chi connectivity index (χ3n) is 3.98. The molecule has 121 valence electrons. The fraction of sp³-hybridized carbons (Fsp3) is 0.941. The van der Waals surface area contributed by atoms with Gasteiger partial charge in [0.05, 0.1) is 12.7 Å². The lowest BCUT2D eigenvalue weighted by Crippen LogP contribution is -2.33. The van der Waals surface area contributed by atoms with E-state index < -0.39 is 5.60 Å². The van der Waals surface area contributed by atoms with Crippen molar-refractivity contribution in [2.75, 3.05) is 6.61 Å². The largest absolute Gasteiger partial charge is 0.460 e. The molecular weight excluding hydrogens is 263 g/mol. The highest BCUT2D eigenvalue weighted by molar-refractivity contribution is 6.63. The minimum Gasteiger partial charge on any atom is -0.460 e. The molecule has 0 spiro atoms. The van der Waals surface area contributed by atoms with Crippen molar-refractivity contribution >= 4 is 13.2 Å². The van der Waals surface area contributed by atoms with Gasteiger partial charge in [0.2, 0.25) is 0 Å². The zero-order chi connectivity index (χ0) is 16.5. The minimum absolute atomic E-state index is 0.0699. The molecule has 0 N–H and O–H groups in total. The van der Waals surface area contributed by atoms with Gasteiger partial charge in [-0.05, 0) is 39.5 Å². The summed E-state index contributed by atoms with van der Waals surface area (Å²) in [5.41, 5.74) is -0.363. The van der Waals surface area contributed by atoms with Gasteiger partial charge < -0.3 is 9.47 Å². The van der Waals surface area contributed by atoms with E-state index in [1.54, 1.807) is 0 Å². The maximum atomic E-state index is 12.6. The smallest absolute Gasteiger partial charge is 0.303 e. The summed E-state index contributed by atoms with van der Waals surface area (Å²) in [6, 6.07) is 0. The van der Waals surface area contributed by atoms with Crippen LogP contribution in [0.2, 0.25) is 11.1 Å². The molecule has 0 bridgehead atoms. The maximum Gasteiger partial charge on any atom is 0.303 e. The fourth-order valence-corrected chi connectivity index (χ4v) is 2.76. The number of rotatable bonds is 7. The normalized spacial score (nSPS) is 25.7. The molecule has 21 heavy (non-hydrogen) atoms. The number of esters is 1. The first-order valence-electron chi connectivity index (χ1n) is 8.09. The van der Waals surface area contributed by atoms with Gasteiger partial charge in [0.25, 0.3) is 0 Å². The van der Waals surface area contributed by atoms with Gasteiger partial charge in [-0.15, -0.1) is 0 Å². The molecule has 0 amide bonds. The Morgan fingerprint density at radius 1 is 1.24 bits per heavy atom. The topological polar surface area (TPSA) is 35.5 Å². The molecule has 0 aromatic rings. The van der Waals surface area contributed by atoms with Gasteiger partial charge in [0.1, 0.15) is 12.9 Å². The van der Waals surface area contributed by atoms with E-state index in [4.69, 9.17) is 9.47 Å². The Morgan fingerprint density at radius 3 is 2.14 bits per heavy atom. The van der Waals surface area contributed by atoms with Crippen molar-refractivity contribution < 1.29 is 14.3 Å². The summed E-state index contributed by atoms with van der Waals surface area (Å²) in [6.07, 6.45) is 1.77. The highest BCUT2D eigenvalue weighted by atomic mass is 16.6. The fourth-order valence-electron chi connectivity index (χ4n) is 2.76. The summed E-state index contributed by atoms with van der Waals surface area (Å²) in [4.78, 5) is 12.6.